The molecule has 25 heteroatoms. The Morgan fingerprint density at radius 3 is 1.06 bits per heavy atom. The summed E-state index contributed by atoms with van der Waals surface area (Å²) in [6.45, 7) is 2.82. The Morgan fingerprint density at radius 1 is 0.452 bits per heavy atom. The Labute approximate surface area is 351 Å². The molecule has 0 aromatic heterocycles. The third-order valence-electron chi connectivity index (χ3n) is 9.29. The average Bonchev–Trinajstić information content (AvgIpc) is 3.14. The van der Waals surface area contributed by atoms with Gasteiger partial charge in [0, 0.05) is 45.4 Å². The van der Waals surface area contributed by atoms with Crippen LogP contribution in [0, 0.1) is 13.8 Å². The molecule has 324 valence electrons. The summed E-state index contributed by atoms with van der Waals surface area (Å²) in [5.41, 5.74) is -0.278. The number of hydrogen-bond donors (Lipinski definition) is 10. The number of nitrogens with one attached hydrogen (secondary N) is 4. The van der Waals surface area contributed by atoms with Crippen molar-refractivity contribution in [1.29, 1.82) is 0 Å². The summed E-state index contributed by atoms with van der Waals surface area (Å²) >= 11 is 0. The van der Waals surface area contributed by atoms with Crippen LogP contribution in [0.15, 0.2) is 105 Å². The third-order valence-corrected chi connectivity index (χ3v) is 12.6. The van der Waals surface area contributed by atoms with Gasteiger partial charge in [-0.15, -0.1) is 0 Å². The van der Waals surface area contributed by atoms with Crippen LogP contribution < -0.4 is 21.3 Å². The van der Waals surface area contributed by atoms with Crippen LogP contribution in [-0.2, 0) is 40.5 Å². The first-order valence-electron chi connectivity index (χ1n) is 17.0. The van der Waals surface area contributed by atoms with E-state index in [2.05, 4.69) is 10.6 Å². The molecule has 0 bridgehead atoms. The second-order valence-electron chi connectivity index (χ2n) is 13.4. The number of anilines is 4. The Kier molecular flexibility index (Phi) is 11.5. The van der Waals surface area contributed by atoms with Gasteiger partial charge in [0.2, 0.25) is 0 Å². The van der Waals surface area contributed by atoms with Gasteiger partial charge in [-0.2, -0.15) is 33.7 Å². The zero-order valence-electron chi connectivity index (χ0n) is 31.4. The highest BCUT2D eigenvalue weighted by Crippen LogP contribution is 2.40. The quantitative estimate of drug-likeness (QED) is 0.0826. The van der Waals surface area contributed by atoms with Crippen LogP contribution in [0.25, 0.3) is 21.5 Å². The lowest BCUT2D eigenvalue weighted by atomic mass is 10.0. The summed E-state index contributed by atoms with van der Waals surface area (Å²) < 4.78 is 134. The number of fused-ring (bicyclic) bond motifs is 2. The normalized spacial score (nSPS) is 12.2. The van der Waals surface area contributed by atoms with E-state index in [1.54, 1.807) is 0 Å². The number of imide groups is 2. The van der Waals surface area contributed by atoms with Crippen molar-refractivity contribution < 1.29 is 76.5 Å². The van der Waals surface area contributed by atoms with E-state index in [1.807, 2.05) is 10.6 Å². The van der Waals surface area contributed by atoms with E-state index in [9.17, 15) is 76.5 Å². The highest BCUT2D eigenvalue weighted by molar-refractivity contribution is 7.86. The molecule has 10 N–H and O–H groups in total. The predicted octanol–water partition coefficient (Wildman–Crippen LogP) is 4.77. The SMILES string of the molecule is Cc1c(Nc2cc(S(=O)(=O)O)cc3cc(S(=O)(=O)O)cc(O)c23)cccc1C(=O)NC(=O)NC(=O)c1cccc(Nc2cc(S(=O)(=O)O)cc3cc(S(=O)(=O)O)cc(O)c23)c1C. The molecule has 0 spiro atoms. The lowest BCUT2D eigenvalue weighted by Crippen LogP contribution is -2.42. The number of phenolic OH excluding ortho intramolecular Hbond substituents is 2. The van der Waals surface area contributed by atoms with E-state index in [0.717, 1.165) is 36.4 Å². The monoisotopic (exact) mass is 930 g/mol. The van der Waals surface area contributed by atoms with Crippen molar-refractivity contribution in [3.63, 3.8) is 0 Å². The van der Waals surface area contributed by atoms with E-state index in [1.165, 1.54) is 50.2 Å². The molecule has 0 aliphatic carbocycles. The van der Waals surface area contributed by atoms with Crippen molar-refractivity contribution in [1.82, 2.24) is 10.6 Å². The minimum absolute atomic E-state index is 0.0863. The average molecular weight is 931 g/mol. The molecule has 0 saturated heterocycles. The zero-order valence-corrected chi connectivity index (χ0v) is 34.7. The maximum atomic E-state index is 13.3. The topological polar surface area (TPSA) is 357 Å². The molecule has 6 aromatic carbocycles. The Morgan fingerprint density at radius 2 is 0.758 bits per heavy atom. The van der Waals surface area contributed by atoms with Gasteiger partial charge >= 0.3 is 6.03 Å². The van der Waals surface area contributed by atoms with E-state index < -0.39 is 89.4 Å². The maximum absolute atomic E-state index is 13.3. The number of urea groups is 1. The summed E-state index contributed by atoms with van der Waals surface area (Å²) in [5, 5.41) is 30.3. The zero-order chi connectivity index (χ0) is 45.9. The van der Waals surface area contributed by atoms with Gasteiger partial charge in [0.25, 0.3) is 52.3 Å². The number of hydrogen-bond acceptors (Lipinski definition) is 15. The van der Waals surface area contributed by atoms with Crippen molar-refractivity contribution in [3.8, 4) is 11.5 Å². The fourth-order valence-corrected chi connectivity index (χ4v) is 8.52. The second-order valence-corrected chi connectivity index (χ2v) is 19.1. The molecule has 6 aromatic rings. The van der Waals surface area contributed by atoms with Crippen molar-refractivity contribution in [2.45, 2.75) is 33.4 Å². The van der Waals surface area contributed by atoms with Crippen LogP contribution in [0.1, 0.15) is 31.8 Å². The van der Waals surface area contributed by atoms with Gasteiger partial charge in [-0.3, -0.25) is 38.4 Å². The van der Waals surface area contributed by atoms with Crippen LogP contribution >= 0.6 is 0 Å². The first kappa shape index (κ1) is 44.8. The smallest absolute Gasteiger partial charge is 0.328 e. The minimum atomic E-state index is -4.92. The number of phenols is 2. The predicted molar refractivity (Wildman–Crippen MR) is 220 cm³/mol. The van der Waals surface area contributed by atoms with Crippen LogP contribution in [0.4, 0.5) is 27.5 Å². The van der Waals surface area contributed by atoms with Crippen molar-refractivity contribution in [2.24, 2.45) is 0 Å². The second kappa shape index (κ2) is 16.0. The highest BCUT2D eigenvalue weighted by atomic mass is 32.2. The molecule has 0 heterocycles. The molecule has 0 aliphatic heterocycles. The van der Waals surface area contributed by atoms with E-state index >= 15 is 0 Å². The molecule has 21 nitrogen and oxygen atoms in total. The first-order valence-corrected chi connectivity index (χ1v) is 22.8. The molecule has 6 rings (SSSR count). The van der Waals surface area contributed by atoms with E-state index in [0.29, 0.717) is 12.1 Å². The molecule has 0 atom stereocenters. The Bertz CT molecular complexity index is 3180. The summed E-state index contributed by atoms with van der Waals surface area (Å²) in [4.78, 5) is 36.6. The molecule has 0 radical (unpaired) electrons. The number of carbonyl (C=O) groups excluding carboxylic acids is 3. The minimum Gasteiger partial charge on any atom is -0.507 e. The lowest BCUT2D eigenvalue weighted by Gasteiger charge is -2.17. The van der Waals surface area contributed by atoms with Gasteiger partial charge in [-0.25, -0.2) is 4.79 Å². The summed E-state index contributed by atoms with van der Waals surface area (Å²) in [7, 11) is -19.6. The molecular weight excluding hydrogens is 901 g/mol. The number of carbonyl (C=O) groups is 3. The van der Waals surface area contributed by atoms with Gasteiger partial charge in [0.05, 0.1) is 31.0 Å². The van der Waals surface area contributed by atoms with Crippen LogP contribution in [0.5, 0.6) is 11.5 Å². The molecule has 4 amide bonds. The Hall–Kier alpha value is -6.71. The highest BCUT2D eigenvalue weighted by Gasteiger charge is 2.24. The van der Waals surface area contributed by atoms with Gasteiger partial charge in [0.15, 0.2) is 0 Å². The standard InChI is InChI=1S/C37H30N4O17S4/c1-17-25(5-3-7-27(17)38-29-13-21(59(47,48)49)9-19-11-23(61(53,54)55)15-31(42)33(19)29)35(44)40-37(46)41-36(45)26-6-4-8-28(18(26)2)39-30-14-22(60(50,51)52)10-20-12-24(62(56,57)58)16-32(43)34(20)30/h3-16,38-39,42-43H,1-2H3,(H,47,48,49)(H,50,51,52)(H,53,54,55)(H,56,57,58)(H2,40,41,44,45,46). The largest absolute Gasteiger partial charge is 0.507 e. The lowest BCUT2D eigenvalue weighted by molar-refractivity contribution is 0.0944. The molecule has 0 saturated carbocycles. The summed E-state index contributed by atoms with van der Waals surface area (Å²) in [5.74, 6) is -3.52. The molecular formula is C37H30N4O17S4. The number of rotatable bonds is 10. The third kappa shape index (κ3) is 9.28. The molecule has 62 heavy (non-hydrogen) atoms. The molecule has 0 unspecified atom stereocenters. The fourth-order valence-electron chi connectivity index (χ4n) is 6.37. The van der Waals surface area contributed by atoms with Crippen molar-refractivity contribution >= 4 is 103 Å². The van der Waals surface area contributed by atoms with E-state index in [4.69, 9.17) is 0 Å². The van der Waals surface area contributed by atoms with Crippen LogP contribution in [0.3, 0.4) is 0 Å². The van der Waals surface area contributed by atoms with Crippen LogP contribution in [0.2, 0.25) is 0 Å². The van der Waals surface area contributed by atoms with Gasteiger partial charge in [-0.1, -0.05) is 12.1 Å². The molecule has 0 fully saturated rings. The van der Waals surface area contributed by atoms with Gasteiger partial charge < -0.3 is 20.8 Å². The molecule has 0 aliphatic rings. The summed E-state index contributed by atoms with van der Waals surface area (Å²) in [6, 6.07) is 13.4. The first-order chi connectivity index (χ1) is 28.6. The number of amides is 4. The van der Waals surface area contributed by atoms with Crippen LogP contribution in [-0.4, -0.2) is 79.9 Å². The number of benzene rings is 6. The number of aromatic hydroxyl groups is 2. The van der Waals surface area contributed by atoms with Crippen molar-refractivity contribution in [2.75, 3.05) is 10.6 Å². The van der Waals surface area contributed by atoms with Crippen molar-refractivity contribution in [3.05, 3.63) is 107 Å². The fraction of sp³-hybridized carbons (Fsp3) is 0.0541. The van der Waals surface area contributed by atoms with Gasteiger partial charge in [0.1, 0.15) is 11.5 Å². The van der Waals surface area contributed by atoms with Gasteiger partial charge in [-0.05, 0) is 96.4 Å². The Balaban J connectivity index is 1.25. The maximum Gasteiger partial charge on any atom is 0.328 e. The summed E-state index contributed by atoms with van der Waals surface area (Å²) in [6.07, 6.45) is 0. The van der Waals surface area contributed by atoms with E-state index in [-0.39, 0.29) is 66.5 Å².